The van der Waals surface area contributed by atoms with Crippen molar-refractivity contribution in [2.75, 3.05) is 5.32 Å². The van der Waals surface area contributed by atoms with Gasteiger partial charge in [0.05, 0.1) is 0 Å². The molecule has 120 valence electrons. The summed E-state index contributed by atoms with van der Waals surface area (Å²) < 4.78 is 5.81. The fraction of sp³-hybridized carbons (Fsp3) is 0.0500. The zero-order valence-corrected chi connectivity index (χ0v) is 13.9. The molecular weight excluding hydrogens is 322 g/mol. The minimum Gasteiger partial charge on any atom is -0.457 e. The molecule has 1 amide bonds. The number of nitrogens with one attached hydrogen (secondary N) is 1. The van der Waals surface area contributed by atoms with Gasteiger partial charge in [0.1, 0.15) is 11.5 Å². The van der Waals surface area contributed by atoms with Crippen molar-refractivity contribution in [3.05, 3.63) is 88.9 Å². The predicted molar refractivity (Wildman–Crippen MR) is 97.1 cm³/mol. The highest BCUT2D eigenvalue weighted by molar-refractivity contribution is 6.31. The molecule has 0 fully saturated rings. The molecule has 0 aliphatic rings. The van der Waals surface area contributed by atoms with Crippen molar-refractivity contribution in [1.82, 2.24) is 0 Å². The summed E-state index contributed by atoms with van der Waals surface area (Å²) in [6, 6.07) is 21.9. The van der Waals surface area contributed by atoms with E-state index in [1.54, 1.807) is 30.3 Å². The van der Waals surface area contributed by atoms with Gasteiger partial charge in [-0.15, -0.1) is 0 Å². The molecule has 3 aromatic carbocycles. The summed E-state index contributed by atoms with van der Waals surface area (Å²) in [7, 11) is 0. The van der Waals surface area contributed by atoms with E-state index in [2.05, 4.69) is 5.32 Å². The molecule has 4 heteroatoms. The quantitative estimate of drug-likeness (QED) is 0.663. The summed E-state index contributed by atoms with van der Waals surface area (Å²) in [6.07, 6.45) is 0. The Balaban J connectivity index is 1.73. The molecule has 24 heavy (non-hydrogen) atoms. The van der Waals surface area contributed by atoms with Gasteiger partial charge in [0.25, 0.3) is 5.91 Å². The molecule has 0 spiro atoms. The Morgan fingerprint density at radius 1 is 0.917 bits per heavy atom. The average molecular weight is 338 g/mol. The highest BCUT2D eigenvalue weighted by Crippen LogP contribution is 2.24. The average Bonchev–Trinajstić information content (AvgIpc) is 2.57. The lowest BCUT2D eigenvalue weighted by atomic mass is 10.2. The van der Waals surface area contributed by atoms with Crippen LogP contribution in [0.25, 0.3) is 0 Å². The SMILES string of the molecule is Cc1ccc(Oc2cccc(NC(=O)c3cccc(Cl)c3)c2)cc1. The first-order valence-corrected chi connectivity index (χ1v) is 7.89. The Hall–Kier alpha value is -2.78. The minimum absolute atomic E-state index is 0.218. The third-order valence-electron chi connectivity index (χ3n) is 3.44. The van der Waals surface area contributed by atoms with Crippen molar-refractivity contribution in [1.29, 1.82) is 0 Å². The van der Waals surface area contributed by atoms with Gasteiger partial charge in [-0.3, -0.25) is 4.79 Å². The normalized spacial score (nSPS) is 10.2. The Morgan fingerprint density at radius 3 is 2.42 bits per heavy atom. The van der Waals surface area contributed by atoms with Crippen molar-refractivity contribution in [2.45, 2.75) is 6.92 Å². The standard InChI is InChI=1S/C20H16ClNO2/c1-14-8-10-18(11-9-14)24-19-7-3-6-17(13-19)22-20(23)15-4-2-5-16(21)12-15/h2-13H,1H3,(H,22,23). The molecule has 0 atom stereocenters. The van der Waals surface area contributed by atoms with Crippen LogP contribution in [0.1, 0.15) is 15.9 Å². The van der Waals surface area contributed by atoms with E-state index in [4.69, 9.17) is 16.3 Å². The Bertz CT molecular complexity index is 860. The van der Waals surface area contributed by atoms with Crippen LogP contribution >= 0.6 is 11.6 Å². The number of carbonyl (C=O) groups excluding carboxylic acids is 1. The molecule has 3 aromatic rings. The minimum atomic E-state index is -0.218. The summed E-state index contributed by atoms with van der Waals surface area (Å²) in [4.78, 5) is 12.3. The van der Waals surface area contributed by atoms with Crippen molar-refractivity contribution in [3.8, 4) is 11.5 Å². The third-order valence-corrected chi connectivity index (χ3v) is 3.67. The largest absolute Gasteiger partial charge is 0.457 e. The molecule has 0 heterocycles. The van der Waals surface area contributed by atoms with Gasteiger partial charge in [0.2, 0.25) is 0 Å². The van der Waals surface area contributed by atoms with E-state index < -0.39 is 0 Å². The first-order chi connectivity index (χ1) is 11.6. The molecule has 0 bridgehead atoms. The fourth-order valence-corrected chi connectivity index (χ4v) is 2.40. The molecule has 0 unspecified atom stereocenters. The lowest BCUT2D eigenvalue weighted by molar-refractivity contribution is 0.102. The van der Waals surface area contributed by atoms with Crippen LogP contribution in [0.3, 0.4) is 0 Å². The van der Waals surface area contributed by atoms with E-state index in [9.17, 15) is 4.79 Å². The first kappa shape index (κ1) is 16.1. The molecule has 3 nitrogen and oxygen atoms in total. The highest BCUT2D eigenvalue weighted by atomic mass is 35.5. The predicted octanol–water partition coefficient (Wildman–Crippen LogP) is 5.69. The van der Waals surface area contributed by atoms with Crippen molar-refractivity contribution < 1.29 is 9.53 Å². The molecular formula is C20H16ClNO2. The smallest absolute Gasteiger partial charge is 0.255 e. The Kier molecular flexibility index (Phi) is 4.82. The van der Waals surface area contributed by atoms with E-state index >= 15 is 0 Å². The number of hydrogen-bond acceptors (Lipinski definition) is 2. The molecule has 0 aliphatic heterocycles. The molecule has 0 aliphatic carbocycles. The second kappa shape index (κ2) is 7.20. The number of rotatable bonds is 4. The molecule has 0 saturated carbocycles. The van der Waals surface area contributed by atoms with Gasteiger partial charge in [-0.05, 0) is 49.4 Å². The number of hydrogen-bond donors (Lipinski definition) is 1. The zero-order valence-electron chi connectivity index (χ0n) is 13.1. The second-order valence-electron chi connectivity index (χ2n) is 5.41. The van der Waals surface area contributed by atoms with Gasteiger partial charge in [-0.2, -0.15) is 0 Å². The van der Waals surface area contributed by atoms with Crippen molar-refractivity contribution in [3.63, 3.8) is 0 Å². The van der Waals surface area contributed by atoms with Crippen LogP contribution in [0.5, 0.6) is 11.5 Å². The maximum absolute atomic E-state index is 12.3. The van der Waals surface area contributed by atoms with Crippen molar-refractivity contribution in [2.24, 2.45) is 0 Å². The summed E-state index contributed by atoms with van der Waals surface area (Å²) in [5, 5.41) is 3.37. The number of amides is 1. The van der Waals surface area contributed by atoms with E-state index in [-0.39, 0.29) is 5.91 Å². The zero-order chi connectivity index (χ0) is 16.9. The number of anilines is 1. The van der Waals surface area contributed by atoms with Crippen LogP contribution in [0.4, 0.5) is 5.69 Å². The lowest BCUT2D eigenvalue weighted by Crippen LogP contribution is -2.11. The maximum Gasteiger partial charge on any atom is 0.255 e. The Morgan fingerprint density at radius 2 is 1.67 bits per heavy atom. The Labute approximate surface area is 145 Å². The molecule has 1 N–H and O–H groups in total. The maximum atomic E-state index is 12.3. The highest BCUT2D eigenvalue weighted by Gasteiger charge is 2.07. The molecule has 3 rings (SSSR count). The van der Waals surface area contributed by atoms with Gasteiger partial charge in [-0.1, -0.05) is 41.4 Å². The van der Waals surface area contributed by atoms with Crippen molar-refractivity contribution >= 4 is 23.2 Å². The summed E-state index contributed by atoms with van der Waals surface area (Å²) in [6.45, 7) is 2.02. The lowest BCUT2D eigenvalue weighted by Gasteiger charge is -2.09. The van der Waals surface area contributed by atoms with E-state index in [0.29, 0.717) is 22.0 Å². The van der Waals surface area contributed by atoms with Gasteiger partial charge >= 0.3 is 0 Å². The molecule has 0 saturated heterocycles. The van der Waals surface area contributed by atoms with E-state index in [0.717, 1.165) is 5.75 Å². The summed E-state index contributed by atoms with van der Waals surface area (Å²) in [5.74, 6) is 1.19. The van der Waals surface area contributed by atoms with E-state index in [1.807, 2.05) is 49.4 Å². The fourth-order valence-electron chi connectivity index (χ4n) is 2.21. The number of carbonyl (C=O) groups is 1. The molecule has 0 radical (unpaired) electrons. The number of halogens is 1. The van der Waals surface area contributed by atoms with Crippen LogP contribution < -0.4 is 10.1 Å². The molecule has 0 aromatic heterocycles. The van der Waals surface area contributed by atoms with Gasteiger partial charge < -0.3 is 10.1 Å². The van der Waals surface area contributed by atoms with Crippen LogP contribution in [0.15, 0.2) is 72.8 Å². The van der Waals surface area contributed by atoms with Crippen LogP contribution in [-0.4, -0.2) is 5.91 Å². The summed E-state index contributed by atoms with van der Waals surface area (Å²) >= 11 is 5.92. The topological polar surface area (TPSA) is 38.3 Å². The van der Waals surface area contributed by atoms with Crippen LogP contribution in [0, 0.1) is 6.92 Å². The number of benzene rings is 3. The van der Waals surface area contributed by atoms with Gasteiger partial charge in [0, 0.05) is 22.3 Å². The second-order valence-corrected chi connectivity index (χ2v) is 5.84. The van der Waals surface area contributed by atoms with Gasteiger partial charge in [-0.25, -0.2) is 0 Å². The number of aryl methyl sites for hydroxylation is 1. The van der Waals surface area contributed by atoms with Gasteiger partial charge in [0.15, 0.2) is 0 Å². The van der Waals surface area contributed by atoms with Crippen LogP contribution in [0.2, 0.25) is 5.02 Å². The summed E-state index contributed by atoms with van der Waals surface area (Å²) in [5.41, 5.74) is 2.34. The number of ether oxygens (including phenoxy) is 1. The third kappa shape index (κ3) is 4.15. The first-order valence-electron chi connectivity index (χ1n) is 7.52. The van der Waals surface area contributed by atoms with E-state index in [1.165, 1.54) is 5.56 Å². The monoisotopic (exact) mass is 337 g/mol. The van der Waals surface area contributed by atoms with Crippen LogP contribution in [-0.2, 0) is 0 Å².